The third-order valence-corrected chi connectivity index (χ3v) is 6.83. The highest BCUT2D eigenvalue weighted by atomic mass is 16.6. The van der Waals surface area contributed by atoms with E-state index in [0.29, 0.717) is 26.1 Å². The highest BCUT2D eigenvalue weighted by molar-refractivity contribution is 5.79. The molecule has 198 valence electrons. The van der Waals surface area contributed by atoms with E-state index in [1.54, 1.807) is 9.80 Å². The molecule has 1 N–H and O–H groups in total. The van der Waals surface area contributed by atoms with E-state index in [2.05, 4.69) is 24.3 Å². The molecule has 8 nitrogen and oxygen atoms in total. The smallest absolute Gasteiger partial charge is 0.410 e. The quantitative estimate of drug-likeness (QED) is 0.516. The number of ether oxygens (including phenoxy) is 2. The van der Waals surface area contributed by atoms with Crippen LogP contribution in [0.3, 0.4) is 0 Å². The molecule has 1 heterocycles. The fourth-order valence-corrected chi connectivity index (χ4v) is 5.15. The summed E-state index contributed by atoms with van der Waals surface area (Å²) in [4.78, 5) is 40.0. The van der Waals surface area contributed by atoms with Gasteiger partial charge in [0.15, 0.2) is 0 Å². The fourth-order valence-electron chi connectivity index (χ4n) is 5.15. The van der Waals surface area contributed by atoms with Gasteiger partial charge in [0.1, 0.15) is 12.2 Å². The van der Waals surface area contributed by atoms with Crippen molar-refractivity contribution in [2.75, 3.05) is 32.8 Å². The molecular formula is C29H36N2O6. The highest BCUT2D eigenvalue weighted by Gasteiger charge is 2.33. The Labute approximate surface area is 218 Å². The van der Waals surface area contributed by atoms with Crippen molar-refractivity contribution in [2.24, 2.45) is 5.92 Å². The van der Waals surface area contributed by atoms with Crippen LogP contribution >= 0.6 is 0 Å². The minimum absolute atomic E-state index is 0.0259. The molecule has 0 saturated carbocycles. The number of hydrogen-bond donors (Lipinski definition) is 1. The van der Waals surface area contributed by atoms with Crippen LogP contribution in [-0.2, 0) is 14.3 Å². The van der Waals surface area contributed by atoms with Gasteiger partial charge in [0.2, 0.25) is 0 Å². The van der Waals surface area contributed by atoms with Crippen molar-refractivity contribution >= 4 is 18.2 Å². The molecule has 4 rings (SSSR count). The average Bonchev–Trinajstić information content (AvgIpc) is 3.44. The Morgan fingerprint density at radius 1 is 1.03 bits per heavy atom. The summed E-state index contributed by atoms with van der Waals surface area (Å²) in [5, 5.41) is 9.08. The van der Waals surface area contributed by atoms with Gasteiger partial charge >= 0.3 is 18.2 Å². The molecular weight excluding hydrogens is 472 g/mol. The Bertz CT molecular complexity index is 1100. The molecule has 0 aromatic heterocycles. The lowest BCUT2D eigenvalue weighted by molar-refractivity contribution is -0.137. The number of fused-ring (bicyclic) bond motifs is 3. The summed E-state index contributed by atoms with van der Waals surface area (Å²) in [7, 11) is 0. The molecule has 2 aromatic carbocycles. The van der Waals surface area contributed by atoms with Crippen LogP contribution in [0.5, 0.6) is 0 Å². The molecule has 2 aromatic rings. The lowest BCUT2D eigenvalue weighted by Gasteiger charge is -2.27. The summed E-state index contributed by atoms with van der Waals surface area (Å²) in [6, 6.07) is 16.3. The highest BCUT2D eigenvalue weighted by Crippen LogP contribution is 2.44. The van der Waals surface area contributed by atoms with Crippen molar-refractivity contribution in [1.29, 1.82) is 0 Å². The second-order valence-electron chi connectivity index (χ2n) is 10.8. The summed E-state index contributed by atoms with van der Waals surface area (Å²) in [5.74, 6) is -0.881. The molecule has 8 heteroatoms. The molecule has 1 saturated heterocycles. The second kappa shape index (κ2) is 11.2. The third kappa shape index (κ3) is 6.61. The van der Waals surface area contributed by atoms with Crippen molar-refractivity contribution in [3.8, 4) is 11.1 Å². The first kappa shape index (κ1) is 26.5. The average molecular weight is 509 g/mol. The number of aliphatic carboxylic acids is 1. The summed E-state index contributed by atoms with van der Waals surface area (Å²) in [6.45, 7) is 7.44. The largest absolute Gasteiger partial charge is 0.481 e. The first-order chi connectivity index (χ1) is 17.6. The van der Waals surface area contributed by atoms with Gasteiger partial charge in [-0.05, 0) is 61.8 Å². The monoisotopic (exact) mass is 508 g/mol. The van der Waals surface area contributed by atoms with E-state index in [9.17, 15) is 14.4 Å². The molecule has 37 heavy (non-hydrogen) atoms. The van der Waals surface area contributed by atoms with E-state index in [1.807, 2.05) is 45.0 Å². The lowest BCUT2D eigenvalue weighted by Crippen LogP contribution is -2.39. The van der Waals surface area contributed by atoms with E-state index < -0.39 is 17.7 Å². The van der Waals surface area contributed by atoms with E-state index in [4.69, 9.17) is 14.6 Å². The van der Waals surface area contributed by atoms with Crippen LogP contribution in [0.1, 0.15) is 57.1 Å². The van der Waals surface area contributed by atoms with Crippen LogP contribution in [-0.4, -0.2) is 71.4 Å². The van der Waals surface area contributed by atoms with Gasteiger partial charge in [-0.2, -0.15) is 0 Å². The Balaban J connectivity index is 1.40. The Hall–Kier alpha value is -3.55. The van der Waals surface area contributed by atoms with Gasteiger partial charge in [0, 0.05) is 38.5 Å². The summed E-state index contributed by atoms with van der Waals surface area (Å²) < 4.78 is 11.3. The van der Waals surface area contributed by atoms with Gasteiger partial charge in [-0.15, -0.1) is 0 Å². The van der Waals surface area contributed by atoms with Crippen molar-refractivity contribution in [1.82, 2.24) is 9.80 Å². The van der Waals surface area contributed by atoms with E-state index in [0.717, 1.165) is 28.7 Å². The third-order valence-electron chi connectivity index (χ3n) is 6.83. The number of benzene rings is 2. The zero-order valence-electron chi connectivity index (χ0n) is 21.8. The number of carboxylic acids is 1. The number of likely N-dealkylation sites (tertiary alicyclic amines) is 1. The molecule has 1 aliphatic carbocycles. The first-order valence-corrected chi connectivity index (χ1v) is 12.9. The number of carboxylic acid groups (broad SMARTS) is 1. The van der Waals surface area contributed by atoms with Crippen LogP contribution in [0.15, 0.2) is 48.5 Å². The van der Waals surface area contributed by atoms with Crippen LogP contribution in [0.25, 0.3) is 11.1 Å². The molecule has 2 aliphatic rings. The number of hydrogen-bond acceptors (Lipinski definition) is 5. The van der Waals surface area contributed by atoms with Gasteiger partial charge in [-0.25, -0.2) is 9.59 Å². The van der Waals surface area contributed by atoms with Crippen LogP contribution in [0, 0.1) is 5.92 Å². The molecule has 0 bridgehead atoms. The minimum Gasteiger partial charge on any atom is -0.481 e. The van der Waals surface area contributed by atoms with Crippen LogP contribution < -0.4 is 0 Å². The fraction of sp³-hybridized carbons (Fsp3) is 0.483. The molecule has 2 amide bonds. The summed E-state index contributed by atoms with van der Waals surface area (Å²) in [5.41, 5.74) is 4.02. The number of rotatable bonds is 8. The van der Waals surface area contributed by atoms with Crippen molar-refractivity contribution in [3.63, 3.8) is 0 Å². The maximum absolute atomic E-state index is 13.2. The number of amides is 2. The van der Waals surface area contributed by atoms with Crippen molar-refractivity contribution < 1.29 is 29.0 Å². The zero-order valence-corrected chi connectivity index (χ0v) is 21.8. The van der Waals surface area contributed by atoms with Gasteiger partial charge in [-0.1, -0.05) is 48.5 Å². The van der Waals surface area contributed by atoms with Crippen molar-refractivity contribution in [2.45, 2.75) is 51.6 Å². The predicted molar refractivity (Wildman–Crippen MR) is 139 cm³/mol. The van der Waals surface area contributed by atoms with Gasteiger partial charge < -0.3 is 24.4 Å². The van der Waals surface area contributed by atoms with Crippen molar-refractivity contribution in [3.05, 3.63) is 59.7 Å². The Morgan fingerprint density at radius 2 is 1.65 bits per heavy atom. The predicted octanol–water partition coefficient (Wildman–Crippen LogP) is 5.36. The molecule has 0 radical (unpaired) electrons. The second-order valence-corrected chi connectivity index (χ2v) is 10.8. The van der Waals surface area contributed by atoms with Crippen LogP contribution in [0.2, 0.25) is 0 Å². The normalized spacial score (nSPS) is 16.7. The van der Waals surface area contributed by atoms with E-state index in [1.165, 1.54) is 0 Å². The minimum atomic E-state index is -0.899. The maximum atomic E-state index is 13.2. The summed E-state index contributed by atoms with van der Waals surface area (Å²) in [6.07, 6.45) is 0.242. The molecule has 1 unspecified atom stereocenters. The zero-order chi connectivity index (χ0) is 26.6. The summed E-state index contributed by atoms with van der Waals surface area (Å²) >= 11 is 0. The van der Waals surface area contributed by atoms with E-state index in [-0.39, 0.29) is 37.5 Å². The van der Waals surface area contributed by atoms with Crippen LogP contribution in [0.4, 0.5) is 9.59 Å². The lowest BCUT2D eigenvalue weighted by atomic mass is 9.98. The van der Waals surface area contributed by atoms with E-state index >= 15 is 0 Å². The standard InChI is InChI=1S/C29H36N2O6/c1-29(2,3)37-28(35)31-16-14-20(18-31)17-30(15-8-13-26(32)33)27(34)36-19-25-23-11-6-4-9-21(23)22-10-5-7-12-24(22)25/h4-7,9-12,20,25H,8,13-19H2,1-3H3,(H,32,33). The van der Waals surface area contributed by atoms with Gasteiger partial charge in [-0.3, -0.25) is 4.79 Å². The molecule has 1 aliphatic heterocycles. The Morgan fingerprint density at radius 3 is 2.24 bits per heavy atom. The van der Waals surface area contributed by atoms with Gasteiger partial charge in [0.25, 0.3) is 0 Å². The molecule has 0 spiro atoms. The van der Waals surface area contributed by atoms with Gasteiger partial charge in [0.05, 0.1) is 0 Å². The first-order valence-electron chi connectivity index (χ1n) is 12.9. The SMILES string of the molecule is CC(C)(C)OC(=O)N1CCC(CN(CCCC(=O)O)C(=O)OCC2c3ccccc3-c3ccccc32)C1. The number of nitrogens with zero attached hydrogens (tertiary/aromatic N) is 2. The maximum Gasteiger partial charge on any atom is 0.410 e. The Kier molecular flexibility index (Phi) is 8.05. The topological polar surface area (TPSA) is 96.4 Å². The molecule has 1 fully saturated rings. The molecule has 1 atom stereocenters. The number of carbonyl (C=O) groups is 3. The number of carbonyl (C=O) groups excluding carboxylic acids is 2.